The van der Waals surface area contributed by atoms with E-state index < -0.39 is 12.1 Å². The van der Waals surface area contributed by atoms with Crippen LogP contribution in [0.4, 0.5) is 0 Å². The van der Waals surface area contributed by atoms with Gasteiger partial charge in [0, 0.05) is 6.42 Å². The highest BCUT2D eigenvalue weighted by molar-refractivity contribution is 6.31. The average Bonchev–Trinajstić information content (AvgIpc) is 2.11. The molecule has 1 unspecified atom stereocenters. The second-order valence-electron chi connectivity index (χ2n) is 2.54. The van der Waals surface area contributed by atoms with E-state index in [-0.39, 0.29) is 16.7 Å². The van der Waals surface area contributed by atoms with Gasteiger partial charge in [-0.15, -0.1) is 10.2 Å². The number of hydrogen-bond donors (Lipinski definition) is 2. The van der Waals surface area contributed by atoms with E-state index in [1.54, 1.807) is 0 Å². The minimum absolute atomic E-state index is 0.0368. The van der Waals surface area contributed by atoms with Crippen molar-refractivity contribution in [1.29, 1.82) is 0 Å². The molecule has 0 saturated heterocycles. The second kappa shape index (κ2) is 4.54. The minimum Gasteiger partial charge on any atom is -0.479 e. The van der Waals surface area contributed by atoms with Crippen molar-refractivity contribution in [2.24, 2.45) is 0 Å². The third-order valence-corrected chi connectivity index (χ3v) is 1.99. The van der Waals surface area contributed by atoms with Crippen LogP contribution in [0.2, 0.25) is 10.3 Å². The molecule has 0 aliphatic heterocycles. The van der Waals surface area contributed by atoms with Crippen LogP contribution < -0.4 is 0 Å². The van der Waals surface area contributed by atoms with Crippen LogP contribution in [0, 0.1) is 0 Å². The van der Waals surface area contributed by atoms with Crippen molar-refractivity contribution >= 4 is 29.2 Å². The van der Waals surface area contributed by atoms with E-state index in [0.29, 0.717) is 5.56 Å². The van der Waals surface area contributed by atoms with E-state index >= 15 is 0 Å². The highest BCUT2D eigenvalue weighted by Gasteiger charge is 2.16. The predicted molar refractivity (Wildman–Crippen MR) is 49.4 cm³/mol. The molecule has 0 radical (unpaired) electrons. The Morgan fingerprint density at radius 1 is 1.50 bits per heavy atom. The molecule has 1 atom stereocenters. The Hall–Kier alpha value is -0.910. The summed E-state index contributed by atoms with van der Waals surface area (Å²) in [5.41, 5.74) is 0.349. The first kappa shape index (κ1) is 11.2. The molecule has 1 rings (SSSR count). The highest BCUT2D eigenvalue weighted by Crippen LogP contribution is 2.16. The molecule has 14 heavy (non-hydrogen) atoms. The summed E-state index contributed by atoms with van der Waals surface area (Å²) in [6.07, 6.45) is -1.67. The van der Waals surface area contributed by atoms with Gasteiger partial charge in [-0.05, 0) is 11.6 Å². The van der Waals surface area contributed by atoms with Crippen LogP contribution in [0.25, 0.3) is 0 Å². The zero-order valence-corrected chi connectivity index (χ0v) is 8.33. The van der Waals surface area contributed by atoms with Gasteiger partial charge in [-0.1, -0.05) is 23.2 Å². The van der Waals surface area contributed by atoms with Crippen LogP contribution in [0.1, 0.15) is 5.56 Å². The van der Waals surface area contributed by atoms with Crippen LogP contribution in [-0.4, -0.2) is 32.5 Å². The molecule has 0 aromatic carbocycles. The Kier molecular flexibility index (Phi) is 3.62. The Balaban J connectivity index is 2.85. The topological polar surface area (TPSA) is 83.3 Å². The Morgan fingerprint density at radius 3 is 2.71 bits per heavy atom. The highest BCUT2D eigenvalue weighted by atomic mass is 35.5. The molecule has 1 heterocycles. The number of rotatable bonds is 3. The number of aliphatic carboxylic acids is 1. The van der Waals surface area contributed by atoms with Crippen LogP contribution in [-0.2, 0) is 11.2 Å². The first-order valence-electron chi connectivity index (χ1n) is 3.59. The van der Waals surface area contributed by atoms with Gasteiger partial charge in [0.05, 0.1) is 0 Å². The van der Waals surface area contributed by atoms with Crippen molar-refractivity contribution in [1.82, 2.24) is 10.2 Å². The lowest BCUT2D eigenvalue weighted by atomic mass is 10.1. The van der Waals surface area contributed by atoms with Crippen molar-refractivity contribution < 1.29 is 15.0 Å². The van der Waals surface area contributed by atoms with Gasteiger partial charge in [0.25, 0.3) is 0 Å². The first-order chi connectivity index (χ1) is 6.50. The molecule has 0 aliphatic carbocycles. The number of aromatic nitrogens is 2. The maximum absolute atomic E-state index is 10.3. The van der Waals surface area contributed by atoms with Crippen LogP contribution in [0.5, 0.6) is 0 Å². The van der Waals surface area contributed by atoms with Gasteiger partial charge < -0.3 is 10.2 Å². The number of aliphatic hydroxyl groups is 1. The molecule has 0 aliphatic rings. The lowest BCUT2D eigenvalue weighted by Crippen LogP contribution is -2.22. The lowest BCUT2D eigenvalue weighted by molar-refractivity contribution is -0.146. The molecule has 2 N–H and O–H groups in total. The van der Waals surface area contributed by atoms with Crippen LogP contribution >= 0.6 is 23.2 Å². The monoisotopic (exact) mass is 236 g/mol. The molecular formula is C7H6Cl2N2O3. The molecule has 0 spiro atoms. The number of hydrogen-bond acceptors (Lipinski definition) is 4. The largest absolute Gasteiger partial charge is 0.479 e. The van der Waals surface area contributed by atoms with E-state index in [4.69, 9.17) is 33.4 Å². The van der Waals surface area contributed by atoms with Crippen LogP contribution in [0.15, 0.2) is 6.07 Å². The molecule has 0 amide bonds. The van der Waals surface area contributed by atoms with Gasteiger partial charge >= 0.3 is 5.97 Å². The van der Waals surface area contributed by atoms with Crippen LogP contribution in [0.3, 0.4) is 0 Å². The van der Waals surface area contributed by atoms with Gasteiger partial charge in [-0.3, -0.25) is 0 Å². The fraction of sp³-hybridized carbons (Fsp3) is 0.286. The third kappa shape index (κ3) is 2.80. The zero-order valence-electron chi connectivity index (χ0n) is 6.81. The zero-order chi connectivity index (χ0) is 10.7. The van der Waals surface area contributed by atoms with Gasteiger partial charge in [0.1, 0.15) is 0 Å². The summed E-state index contributed by atoms with van der Waals surface area (Å²) < 4.78 is 0. The summed E-state index contributed by atoms with van der Waals surface area (Å²) in [5.74, 6) is -1.32. The molecule has 5 nitrogen and oxygen atoms in total. The molecular weight excluding hydrogens is 231 g/mol. The van der Waals surface area contributed by atoms with Crippen molar-refractivity contribution in [2.45, 2.75) is 12.5 Å². The number of halogens is 2. The second-order valence-corrected chi connectivity index (χ2v) is 3.29. The Bertz CT molecular complexity index is 359. The van der Waals surface area contributed by atoms with E-state index in [0.717, 1.165) is 0 Å². The summed E-state index contributed by atoms with van der Waals surface area (Å²) in [7, 11) is 0. The number of carbonyl (C=O) groups is 1. The van der Waals surface area contributed by atoms with Crippen molar-refractivity contribution in [3.63, 3.8) is 0 Å². The Labute approximate surface area is 89.3 Å². The first-order valence-corrected chi connectivity index (χ1v) is 4.34. The van der Waals surface area contributed by atoms with Gasteiger partial charge in [-0.25, -0.2) is 4.79 Å². The standard InChI is InChI=1S/C7H6Cl2N2O3/c8-5-2-3(6(9)11-10-5)1-4(12)7(13)14/h2,4,12H,1H2,(H,13,14). The third-order valence-electron chi connectivity index (χ3n) is 1.49. The van der Waals surface area contributed by atoms with Crippen molar-refractivity contribution in [3.05, 3.63) is 21.9 Å². The van der Waals surface area contributed by atoms with E-state index in [1.807, 2.05) is 0 Å². The van der Waals surface area contributed by atoms with E-state index in [2.05, 4.69) is 10.2 Å². The molecule has 0 saturated carbocycles. The molecule has 0 fully saturated rings. The number of carboxylic acids is 1. The SMILES string of the molecule is O=C(O)C(O)Cc1cc(Cl)nnc1Cl. The summed E-state index contributed by atoms with van der Waals surface area (Å²) in [6.45, 7) is 0. The summed E-state index contributed by atoms with van der Waals surface area (Å²) in [6, 6.07) is 1.36. The molecule has 76 valence electrons. The quantitative estimate of drug-likeness (QED) is 0.811. The average molecular weight is 237 g/mol. The minimum atomic E-state index is -1.52. The maximum atomic E-state index is 10.3. The maximum Gasteiger partial charge on any atom is 0.332 e. The Morgan fingerprint density at radius 2 is 2.14 bits per heavy atom. The molecule has 7 heteroatoms. The number of nitrogens with zero attached hydrogens (tertiary/aromatic N) is 2. The van der Waals surface area contributed by atoms with Gasteiger partial charge in [0.15, 0.2) is 16.4 Å². The molecule has 0 bridgehead atoms. The fourth-order valence-corrected chi connectivity index (χ4v) is 1.17. The van der Waals surface area contributed by atoms with E-state index in [1.165, 1.54) is 6.07 Å². The molecule has 1 aromatic rings. The lowest BCUT2D eigenvalue weighted by Gasteiger charge is -2.05. The predicted octanol–water partition coefficient (Wildman–Crippen LogP) is 0.771. The smallest absolute Gasteiger partial charge is 0.332 e. The normalized spacial score (nSPS) is 12.5. The summed E-state index contributed by atoms with van der Waals surface area (Å²) >= 11 is 11.1. The number of aliphatic hydroxyl groups excluding tert-OH is 1. The van der Waals surface area contributed by atoms with E-state index in [9.17, 15) is 4.79 Å². The fourth-order valence-electron chi connectivity index (χ4n) is 0.827. The number of carboxylic acid groups (broad SMARTS) is 1. The summed E-state index contributed by atoms with van der Waals surface area (Å²) in [4.78, 5) is 10.3. The van der Waals surface area contributed by atoms with Crippen molar-refractivity contribution in [2.75, 3.05) is 0 Å². The molecule has 1 aromatic heterocycles. The van der Waals surface area contributed by atoms with Crippen molar-refractivity contribution in [3.8, 4) is 0 Å². The van der Waals surface area contributed by atoms with Gasteiger partial charge in [0.2, 0.25) is 0 Å². The van der Waals surface area contributed by atoms with Gasteiger partial charge in [-0.2, -0.15) is 0 Å². The summed E-state index contributed by atoms with van der Waals surface area (Å²) in [5, 5.41) is 24.5.